The standard InChI is InChI=1S/C26H34BN3O7S/c1-17(2)24(28-25(31)22-10-7-20-16-37-27(33)23(20)18(22)3)26(32)36-15-19-5-8-21(9-6-19)38(34,35)30-13-11-29(4)12-14-30/h5-10,17,24,33H,11-16H2,1-4H3,(H,28,31)/t24-/m0/s1. The van der Waals surface area contributed by atoms with E-state index in [0.717, 1.165) is 5.56 Å². The van der Waals surface area contributed by atoms with Gasteiger partial charge in [0.1, 0.15) is 12.6 Å². The van der Waals surface area contributed by atoms with Crippen LogP contribution in [0.15, 0.2) is 41.3 Å². The molecule has 2 N–H and O–H groups in total. The fraction of sp³-hybridized carbons (Fsp3) is 0.462. The minimum Gasteiger partial charge on any atom is -0.459 e. The average molecular weight is 543 g/mol. The summed E-state index contributed by atoms with van der Waals surface area (Å²) in [6.07, 6.45) is 0. The van der Waals surface area contributed by atoms with Crippen LogP contribution in [-0.2, 0) is 37.4 Å². The molecule has 0 radical (unpaired) electrons. The number of carbonyl (C=O) groups excluding carboxylic acids is 2. The molecule has 0 unspecified atom stereocenters. The minimum absolute atomic E-state index is 0.0613. The number of esters is 1. The summed E-state index contributed by atoms with van der Waals surface area (Å²) in [7, 11) is -2.70. The highest BCUT2D eigenvalue weighted by Crippen LogP contribution is 2.20. The van der Waals surface area contributed by atoms with Gasteiger partial charge in [-0.25, -0.2) is 13.2 Å². The molecule has 1 amide bonds. The lowest BCUT2D eigenvalue weighted by Gasteiger charge is -2.31. The summed E-state index contributed by atoms with van der Waals surface area (Å²) >= 11 is 0. The summed E-state index contributed by atoms with van der Waals surface area (Å²) in [4.78, 5) is 28.2. The molecule has 2 aromatic rings. The van der Waals surface area contributed by atoms with Crippen molar-refractivity contribution < 1.29 is 32.4 Å². The number of fused-ring (bicyclic) bond motifs is 1. The SMILES string of the molecule is Cc1c(C(=O)N[C@H](C(=O)OCc2ccc(S(=O)(=O)N3CCN(C)CC3)cc2)C(C)C)ccc2c1B(O)OC2. The Bertz CT molecular complexity index is 1290. The zero-order valence-corrected chi connectivity index (χ0v) is 23.0. The van der Waals surface area contributed by atoms with Crippen LogP contribution >= 0.6 is 0 Å². The molecule has 4 rings (SSSR count). The average Bonchev–Trinajstić information content (AvgIpc) is 3.27. The number of rotatable bonds is 8. The van der Waals surface area contributed by atoms with Crippen LogP contribution in [0.4, 0.5) is 0 Å². The van der Waals surface area contributed by atoms with Crippen molar-refractivity contribution in [3.63, 3.8) is 0 Å². The highest BCUT2D eigenvalue weighted by atomic mass is 32.2. The van der Waals surface area contributed by atoms with E-state index in [1.54, 1.807) is 45.0 Å². The second-order valence-corrected chi connectivity index (χ2v) is 12.1. The maximum atomic E-state index is 13.0. The molecular formula is C26H34BN3O7S. The first kappa shape index (κ1) is 28.2. The number of likely N-dealkylation sites (N-methyl/N-ethyl adjacent to an activating group) is 1. The molecule has 12 heteroatoms. The van der Waals surface area contributed by atoms with E-state index < -0.39 is 35.1 Å². The quantitative estimate of drug-likeness (QED) is 0.367. The predicted molar refractivity (Wildman–Crippen MR) is 142 cm³/mol. The van der Waals surface area contributed by atoms with E-state index in [9.17, 15) is 23.0 Å². The van der Waals surface area contributed by atoms with Crippen molar-refractivity contribution in [3.05, 3.63) is 58.7 Å². The van der Waals surface area contributed by atoms with Crippen molar-refractivity contribution in [2.45, 2.75) is 44.9 Å². The summed E-state index contributed by atoms with van der Waals surface area (Å²) in [5.41, 5.74) is 3.00. The van der Waals surface area contributed by atoms with Crippen LogP contribution in [0.1, 0.15) is 40.9 Å². The molecule has 0 aliphatic carbocycles. The largest absolute Gasteiger partial charge is 0.492 e. The van der Waals surface area contributed by atoms with Crippen LogP contribution in [0, 0.1) is 12.8 Å². The van der Waals surface area contributed by atoms with Gasteiger partial charge in [-0.1, -0.05) is 32.0 Å². The Morgan fingerprint density at radius 1 is 1.11 bits per heavy atom. The second kappa shape index (κ2) is 11.5. The molecule has 0 aromatic heterocycles. The number of carbonyl (C=O) groups is 2. The van der Waals surface area contributed by atoms with Gasteiger partial charge < -0.3 is 24.6 Å². The summed E-state index contributed by atoms with van der Waals surface area (Å²) < 4.78 is 38.0. The van der Waals surface area contributed by atoms with Gasteiger partial charge in [-0.05, 0) is 60.2 Å². The van der Waals surface area contributed by atoms with E-state index in [4.69, 9.17) is 9.39 Å². The Balaban J connectivity index is 1.38. The van der Waals surface area contributed by atoms with Crippen molar-refractivity contribution in [1.82, 2.24) is 14.5 Å². The Morgan fingerprint density at radius 2 is 1.76 bits per heavy atom. The third-order valence-electron chi connectivity index (χ3n) is 7.11. The monoisotopic (exact) mass is 543 g/mol. The van der Waals surface area contributed by atoms with Gasteiger partial charge in [-0.15, -0.1) is 0 Å². The predicted octanol–water partition coefficient (Wildman–Crippen LogP) is 0.647. The smallest absolute Gasteiger partial charge is 0.459 e. The number of ether oxygens (including phenoxy) is 1. The van der Waals surface area contributed by atoms with E-state index in [-0.39, 0.29) is 24.0 Å². The van der Waals surface area contributed by atoms with Gasteiger partial charge in [0.2, 0.25) is 10.0 Å². The number of sulfonamides is 1. The lowest BCUT2D eigenvalue weighted by molar-refractivity contribution is -0.148. The number of nitrogens with zero attached hydrogens (tertiary/aromatic N) is 2. The Kier molecular flexibility index (Phi) is 8.58. The topological polar surface area (TPSA) is 125 Å². The van der Waals surface area contributed by atoms with Crippen molar-refractivity contribution in [1.29, 1.82) is 0 Å². The molecule has 0 bridgehead atoms. The van der Waals surface area contributed by atoms with E-state index in [1.807, 2.05) is 7.05 Å². The lowest BCUT2D eigenvalue weighted by atomic mass is 9.75. The third kappa shape index (κ3) is 5.94. The van der Waals surface area contributed by atoms with Gasteiger partial charge in [-0.2, -0.15) is 4.31 Å². The molecule has 0 saturated carbocycles. The number of hydrogen-bond acceptors (Lipinski definition) is 8. The second-order valence-electron chi connectivity index (χ2n) is 10.1. The normalized spacial score (nSPS) is 17.4. The van der Waals surface area contributed by atoms with Gasteiger partial charge in [0.15, 0.2) is 0 Å². The van der Waals surface area contributed by atoms with Crippen LogP contribution in [0.2, 0.25) is 0 Å². The summed E-state index contributed by atoms with van der Waals surface area (Å²) in [5, 5.41) is 12.8. The maximum absolute atomic E-state index is 13.0. The summed E-state index contributed by atoms with van der Waals surface area (Å²) in [6.45, 7) is 7.82. The fourth-order valence-corrected chi connectivity index (χ4v) is 6.07. The molecule has 1 saturated heterocycles. The molecular weight excluding hydrogens is 509 g/mol. The van der Waals surface area contributed by atoms with Crippen LogP contribution < -0.4 is 10.8 Å². The Morgan fingerprint density at radius 3 is 2.39 bits per heavy atom. The van der Waals surface area contributed by atoms with Crippen molar-refractivity contribution >= 4 is 34.5 Å². The van der Waals surface area contributed by atoms with Gasteiger partial charge in [0.05, 0.1) is 11.5 Å². The zero-order valence-electron chi connectivity index (χ0n) is 22.1. The first-order chi connectivity index (χ1) is 18.0. The van der Waals surface area contributed by atoms with Crippen molar-refractivity contribution in [2.24, 2.45) is 5.92 Å². The van der Waals surface area contributed by atoms with Crippen LogP contribution in [0.25, 0.3) is 0 Å². The van der Waals surface area contributed by atoms with Gasteiger partial charge in [-0.3, -0.25) is 4.79 Å². The van der Waals surface area contributed by atoms with Crippen molar-refractivity contribution in [2.75, 3.05) is 33.2 Å². The first-order valence-corrected chi connectivity index (χ1v) is 14.1. The Labute approximate surface area is 224 Å². The third-order valence-corrected chi connectivity index (χ3v) is 9.02. The molecule has 1 atom stereocenters. The fourth-order valence-electron chi connectivity index (χ4n) is 4.65. The van der Waals surface area contributed by atoms with Crippen LogP contribution in [0.5, 0.6) is 0 Å². The molecule has 10 nitrogen and oxygen atoms in total. The molecule has 2 aromatic carbocycles. The number of nitrogens with one attached hydrogen (secondary N) is 1. The van der Waals surface area contributed by atoms with Gasteiger partial charge in [0.25, 0.3) is 5.91 Å². The van der Waals surface area contributed by atoms with Crippen molar-refractivity contribution in [3.8, 4) is 0 Å². The van der Waals surface area contributed by atoms with E-state index in [1.165, 1.54) is 16.4 Å². The highest BCUT2D eigenvalue weighted by Gasteiger charge is 2.33. The molecule has 2 heterocycles. The maximum Gasteiger partial charge on any atom is 0.492 e. The molecule has 2 aliphatic heterocycles. The van der Waals surface area contributed by atoms with E-state index in [0.29, 0.717) is 48.3 Å². The first-order valence-electron chi connectivity index (χ1n) is 12.7. The number of benzene rings is 2. The number of hydrogen-bond donors (Lipinski definition) is 2. The highest BCUT2D eigenvalue weighted by molar-refractivity contribution is 7.89. The summed E-state index contributed by atoms with van der Waals surface area (Å²) in [6, 6.07) is 8.80. The number of piperazine rings is 1. The van der Waals surface area contributed by atoms with Crippen LogP contribution in [-0.4, -0.2) is 80.9 Å². The zero-order chi connectivity index (χ0) is 27.6. The molecule has 1 fully saturated rings. The lowest BCUT2D eigenvalue weighted by Crippen LogP contribution is -2.47. The van der Waals surface area contributed by atoms with Gasteiger partial charge >= 0.3 is 13.1 Å². The minimum atomic E-state index is -3.58. The van der Waals surface area contributed by atoms with E-state index in [2.05, 4.69) is 10.2 Å². The van der Waals surface area contributed by atoms with Crippen LogP contribution in [0.3, 0.4) is 0 Å². The number of amides is 1. The molecule has 38 heavy (non-hydrogen) atoms. The Hall–Kier alpha value is -2.77. The molecule has 204 valence electrons. The molecule has 2 aliphatic rings. The van der Waals surface area contributed by atoms with E-state index >= 15 is 0 Å². The van der Waals surface area contributed by atoms with Gasteiger partial charge in [0, 0.05) is 31.7 Å². The summed E-state index contributed by atoms with van der Waals surface area (Å²) in [5.74, 6) is -1.28. The molecule has 0 spiro atoms.